The van der Waals surface area contributed by atoms with Crippen LogP contribution in [0, 0.1) is 11.3 Å². The van der Waals surface area contributed by atoms with Crippen molar-refractivity contribution < 1.29 is 9.53 Å². The third-order valence-electron chi connectivity index (χ3n) is 2.80. The smallest absolute Gasteiger partial charge is 0.155 e. The fourth-order valence-electron chi connectivity index (χ4n) is 1.65. The standard InChI is InChI=1S/C11H21NO2/c1-11(2,3)10(12)9(13)8-5-4-6-14-7-8/h8,10H,4-7,12H2,1-3H3. The minimum absolute atomic E-state index is 0.0259. The van der Waals surface area contributed by atoms with Crippen LogP contribution in [0.3, 0.4) is 0 Å². The summed E-state index contributed by atoms with van der Waals surface area (Å²) in [5, 5.41) is 0. The zero-order chi connectivity index (χ0) is 10.8. The molecule has 2 atom stereocenters. The number of ketones is 1. The van der Waals surface area contributed by atoms with Crippen LogP contribution < -0.4 is 5.73 Å². The highest BCUT2D eigenvalue weighted by molar-refractivity contribution is 5.87. The Morgan fingerprint density at radius 1 is 1.50 bits per heavy atom. The molecule has 0 aromatic rings. The molecule has 0 amide bonds. The number of carbonyl (C=O) groups excluding carboxylic acids is 1. The first-order chi connectivity index (χ1) is 6.43. The van der Waals surface area contributed by atoms with Gasteiger partial charge in [0.1, 0.15) is 0 Å². The second-order valence-electron chi connectivity index (χ2n) is 5.16. The van der Waals surface area contributed by atoms with E-state index in [4.69, 9.17) is 10.5 Å². The van der Waals surface area contributed by atoms with Gasteiger partial charge >= 0.3 is 0 Å². The summed E-state index contributed by atoms with van der Waals surface area (Å²) >= 11 is 0. The van der Waals surface area contributed by atoms with Gasteiger partial charge in [-0.1, -0.05) is 20.8 Å². The number of hydrogen-bond donors (Lipinski definition) is 1. The van der Waals surface area contributed by atoms with Gasteiger partial charge in [0.05, 0.1) is 12.6 Å². The molecule has 1 aliphatic rings. The van der Waals surface area contributed by atoms with E-state index in [9.17, 15) is 4.79 Å². The topological polar surface area (TPSA) is 52.3 Å². The molecule has 0 aromatic heterocycles. The van der Waals surface area contributed by atoms with Crippen LogP contribution in [-0.2, 0) is 9.53 Å². The molecule has 0 spiro atoms. The highest BCUT2D eigenvalue weighted by atomic mass is 16.5. The van der Waals surface area contributed by atoms with E-state index in [1.165, 1.54) is 0 Å². The molecule has 3 heteroatoms. The third kappa shape index (κ3) is 2.79. The summed E-state index contributed by atoms with van der Waals surface area (Å²) in [5.41, 5.74) is 5.78. The minimum Gasteiger partial charge on any atom is -0.381 e. The number of Topliss-reactive ketones (excluding diaryl/α,β-unsaturated/α-hetero) is 1. The predicted molar refractivity (Wildman–Crippen MR) is 56.0 cm³/mol. The van der Waals surface area contributed by atoms with Crippen molar-refractivity contribution in [2.45, 2.75) is 39.7 Å². The lowest BCUT2D eigenvalue weighted by Gasteiger charge is -2.30. The molecule has 1 fully saturated rings. The van der Waals surface area contributed by atoms with Crippen LogP contribution in [-0.4, -0.2) is 25.0 Å². The van der Waals surface area contributed by atoms with E-state index < -0.39 is 0 Å². The second-order valence-corrected chi connectivity index (χ2v) is 5.16. The molecule has 1 aliphatic heterocycles. The summed E-state index contributed by atoms with van der Waals surface area (Å²) in [5.74, 6) is 0.190. The maximum Gasteiger partial charge on any atom is 0.155 e. The van der Waals surface area contributed by atoms with Gasteiger partial charge < -0.3 is 10.5 Å². The van der Waals surface area contributed by atoms with Crippen LogP contribution in [0.5, 0.6) is 0 Å². The lowest BCUT2D eigenvalue weighted by molar-refractivity contribution is -0.130. The second kappa shape index (κ2) is 4.41. The summed E-state index contributed by atoms with van der Waals surface area (Å²) in [7, 11) is 0. The molecule has 0 bridgehead atoms. The molecule has 2 N–H and O–H groups in total. The number of rotatable bonds is 2. The largest absolute Gasteiger partial charge is 0.381 e. The van der Waals surface area contributed by atoms with Crippen molar-refractivity contribution in [2.24, 2.45) is 17.1 Å². The van der Waals surface area contributed by atoms with Gasteiger partial charge in [-0.25, -0.2) is 0 Å². The van der Waals surface area contributed by atoms with Crippen molar-refractivity contribution in [3.05, 3.63) is 0 Å². The van der Waals surface area contributed by atoms with Gasteiger partial charge in [0, 0.05) is 12.5 Å². The van der Waals surface area contributed by atoms with E-state index in [2.05, 4.69) is 0 Å². The summed E-state index contributed by atoms with van der Waals surface area (Å²) in [6.07, 6.45) is 1.91. The van der Waals surface area contributed by atoms with Crippen molar-refractivity contribution in [1.82, 2.24) is 0 Å². The van der Waals surface area contributed by atoms with E-state index in [0.29, 0.717) is 6.61 Å². The third-order valence-corrected chi connectivity index (χ3v) is 2.80. The maximum absolute atomic E-state index is 11.9. The van der Waals surface area contributed by atoms with Gasteiger partial charge in [0.2, 0.25) is 0 Å². The molecule has 2 unspecified atom stereocenters. The molecule has 1 saturated heterocycles. The first-order valence-electron chi connectivity index (χ1n) is 5.30. The van der Waals surface area contributed by atoms with Crippen molar-refractivity contribution in [3.63, 3.8) is 0 Å². The summed E-state index contributed by atoms with van der Waals surface area (Å²) in [4.78, 5) is 11.9. The predicted octanol–water partition coefficient (Wildman–Crippen LogP) is 1.36. The molecule has 0 aromatic carbocycles. The minimum atomic E-state index is -0.366. The first kappa shape index (κ1) is 11.7. The van der Waals surface area contributed by atoms with Gasteiger partial charge in [-0.15, -0.1) is 0 Å². The lowest BCUT2D eigenvalue weighted by Crippen LogP contribution is -2.46. The highest BCUT2D eigenvalue weighted by Gasteiger charge is 2.33. The van der Waals surface area contributed by atoms with Crippen molar-refractivity contribution in [3.8, 4) is 0 Å². The number of carbonyl (C=O) groups is 1. The van der Waals surface area contributed by atoms with E-state index in [1.54, 1.807) is 0 Å². The van der Waals surface area contributed by atoms with Crippen LogP contribution in [0.15, 0.2) is 0 Å². The fraction of sp³-hybridized carbons (Fsp3) is 0.909. The normalized spacial score (nSPS) is 25.9. The molecule has 1 heterocycles. The summed E-state index contributed by atoms with van der Waals surface area (Å²) < 4.78 is 5.29. The molecule has 0 aliphatic carbocycles. The monoisotopic (exact) mass is 199 g/mol. The molecular formula is C11H21NO2. The lowest BCUT2D eigenvalue weighted by atomic mass is 9.80. The van der Waals surface area contributed by atoms with Gasteiger partial charge in [-0.05, 0) is 18.3 Å². The van der Waals surface area contributed by atoms with E-state index in [-0.39, 0.29) is 23.2 Å². The SMILES string of the molecule is CC(C)(C)C(N)C(=O)C1CCCOC1. The zero-order valence-electron chi connectivity index (χ0n) is 9.38. The number of hydrogen-bond acceptors (Lipinski definition) is 3. The van der Waals surface area contributed by atoms with Crippen molar-refractivity contribution in [2.75, 3.05) is 13.2 Å². The molecule has 3 nitrogen and oxygen atoms in total. The van der Waals surface area contributed by atoms with E-state index >= 15 is 0 Å². The molecule has 82 valence electrons. The van der Waals surface area contributed by atoms with Gasteiger partial charge in [-0.2, -0.15) is 0 Å². The van der Waals surface area contributed by atoms with Gasteiger partial charge in [0.25, 0.3) is 0 Å². The Morgan fingerprint density at radius 3 is 2.57 bits per heavy atom. The maximum atomic E-state index is 11.9. The molecule has 14 heavy (non-hydrogen) atoms. The molecular weight excluding hydrogens is 178 g/mol. The van der Waals surface area contributed by atoms with Crippen LogP contribution in [0.1, 0.15) is 33.6 Å². The van der Waals surface area contributed by atoms with Crippen LogP contribution in [0.25, 0.3) is 0 Å². The average molecular weight is 199 g/mol. The average Bonchev–Trinajstić information content (AvgIpc) is 2.15. The zero-order valence-corrected chi connectivity index (χ0v) is 9.38. The Balaban J connectivity index is 2.55. The van der Waals surface area contributed by atoms with Crippen LogP contribution >= 0.6 is 0 Å². The Labute approximate surface area is 86.0 Å². The number of ether oxygens (including phenoxy) is 1. The Hall–Kier alpha value is -0.410. The molecule has 1 rings (SSSR count). The summed E-state index contributed by atoms with van der Waals surface area (Å²) in [6, 6.07) is -0.366. The Morgan fingerprint density at radius 2 is 2.14 bits per heavy atom. The van der Waals surface area contributed by atoms with Crippen molar-refractivity contribution >= 4 is 5.78 Å². The summed E-state index contributed by atoms with van der Waals surface area (Å²) in [6.45, 7) is 7.34. The fourth-order valence-corrected chi connectivity index (χ4v) is 1.65. The van der Waals surface area contributed by atoms with Crippen LogP contribution in [0.4, 0.5) is 0 Å². The van der Waals surface area contributed by atoms with Crippen LogP contribution in [0.2, 0.25) is 0 Å². The van der Waals surface area contributed by atoms with E-state index in [1.807, 2.05) is 20.8 Å². The molecule has 0 saturated carbocycles. The van der Waals surface area contributed by atoms with E-state index in [0.717, 1.165) is 19.4 Å². The first-order valence-corrected chi connectivity index (χ1v) is 5.30. The highest BCUT2D eigenvalue weighted by Crippen LogP contribution is 2.24. The quantitative estimate of drug-likeness (QED) is 0.730. The number of nitrogens with two attached hydrogens (primary N) is 1. The Bertz CT molecular complexity index is 202. The van der Waals surface area contributed by atoms with Crippen molar-refractivity contribution in [1.29, 1.82) is 0 Å². The Kier molecular flexibility index (Phi) is 3.67. The van der Waals surface area contributed by atoms with Gasteiger partial charge in [-0.3, -0.25) is 4.79 Å². The van der Waals surface area contributed by atoms with Gasteiger partial charge in [0.15, 0.2) is 5.78 Å². The molecule has 0 radical (unpaired) electrons.